The summed E-state index contributed by atoms with van der Waals surface area (Å²) >= 11 is 1.25. The molecule has 0 bridgehead atoms. The van der Waals surface area contributed by atoms with Gasteiger partial charge in [-0.15, -0.1) is 0 Å². The lowest BCUT2D eigenvalue weighted by Gasteiger charge is -2.13. The second-order valence-electron chi connectivity index (χ2n) is 3.73. The summed E-state index contributed by atoms with van der Waals surface area (Å²) in [6, 6.07) is 9.37. The third-order valence-electron chi connectivity index (χ3n) is 2.48. The highest BCUT2D eigenvalue weighted by Gasteiger charge is 2.24. The van der Waals surface area contributed by atoms with Crippen LogP contribution in [0.15, 0.2) is 30.3 Å². The lowest BCUT2D eigenvalue weighted by atomic mass is 10.1. The van der Waals surface area contributed by atoms with E-state index in [1.165, 1.54) is 11.8 Å². The Labute approximate surface area is 98.6 Å². The van der Waals surface area contributed by atoms with Crippen LogP contribution in [0.3, 0.4) is 0 Å². The molecule has 1 N–H and O–H groups in total. The van der Waals surface area contributed by atoms with Crippen molar-refractivity contribution >= 4 is 22.8 Å². The van der Waals surface area contributed by atoms with E-state index in [0.29, 0.717) is 18.6 Å². The van der Waals surface area contributed by atoms with Gasteiger partial charge in [-0.05, 0) is 5.56 Å². The average molecular weight is 235 g/mol. The number of carbonyl (C=O) groups excluding carboxylic acids is 2. The van der Waals surface area contributed by atoms with E-state index >= 15 is 0 Å². The van der Waals surface area contributed by atoms with Gasteiger partial charge in [-0.2, -0.15) is 0 Å². The maximum atomic E-state index is 11.7. The van der Waals surface area contributed by atoms with Crippen LogP contribution in [0, 0.1) is 0 Å². The van der Waals surface area contributed by atoms with E-state index in [1.54, 1.807) is 0 Å². The van der Waals surface area contributed by atoms with E-state index in [9.17, 15) is 9.59 Å². The molecule has 1 aromatic carbocycles. The fraction of sp³-hybridized carbons (Fsp3) is 0.333. The van der Waals surface area contributed by atoms with Gasteiger partial charge in [-0.1, -0.05) is 42.1 Å². The molecule has 0 unspecified atom stereocenters. The summed E-state index contributed by atoms with van der Waals surface area (Å²) in [5.74, 6) is 0.565. The summed E-state index contributed by atoms with van der Waals surface area (Å²) in [5, 5.41) is 2.83. The van der Waals surface area contributed by atoms with Crippen LogP contribution in [0.1, 0.15) is 12.0 Å². The van der Waals surface area contributed by atoms with Crippen molar-refractivity contribution in [3.05, 3.63) is 35.9 Å². The third kappa shape index (κ3) is 2.85. The zero-order valence-corrected chi connectivity index (χ0v) is 9.63. The minimum Gasteiger partial charge on any atom is -0.345 e. The van der Waals surface area contributed by atoms with Gasteiger partial charge in [0.25, 0.3) is 0 Å². The number of nitrogens with one attached hydrogen (secondary N) is 1. The summed E-state index contributed by atoms with van der Waals surface area (Å²) < 4.78 is 0. The van der Waals surface area contributed by atoms with Gasteiger partial charge in [0.2, 0.25) is 11.0 Å². The Balaban J connectivity index is 2.07. The van der Waals surface area contributed by atoms with Gasteiger partial charge < -0.3 is 5.32 Å². The second kappa shape index (κ2) is 5.16. The number of carbonyl (C=O) groups is 2. The minimum absolute atomic E-state index is 0.0284. The van der Waals surface area contributed by atoms with Gasteiger partial charge in [0.05, 0.1) is 0 Å². The van der Waals surface area contributed by atoms with E-state index in [-0.39, 0.29) is 17.1 Å². The van der Waals surface area contributed by atoms with Crippen molar-refractivity contribution in [2.24, 2.45) is 0 Å². The van der Waals surface area contributed by atoms with Crippen LogP contribution in [0.25, 0.3) is 0 Å². The molecule has 84 valence electrons. The second-order valence-corrected chi connectivity index (χ2v) is 4.83. The zero-order valence-electron chi connectivity index (χ0n) is 8.81. The monoisotopic (exact) mass is 235 g/mol. The summed E-state index contributed by atoms with van der Waals surface area (Å²) in [4.78, 5) is 23.1. The standard InChI is InChI=1S/C12H13NO2S/c14-11-6-7-16-12(15)10(13-11)8-9-4-2-1-3-5-9/h1-5,10H,6-8H2,(H,13,14)/t10-/m0/s1. The largest absolute Gasteiger partial charge is 0.345 e. The summed E-state index contributed by atoms with van der Waals surface area (Å²) in [7, 11) is 0. The molecule has 0 spiro atoms. The Morgan fingerprint density at radius 1 is 1.25 bits per heavy atom. The number of thioether (sulfide) groups is 1. The molecule has 3 nitrogen and oxygen atoms in total. The van der Waals surface area contributed by atoms with Crippen LogP contribution in [0.2, 0.25) is 0 Å². The Hall–Kier alpha value is -1.29. The lowest BCUT2D eigenvalue weighted by Crippen LogP contribution is -2.39. The highest BCUT2D eigenvalue weighted by Crippen LogP contribution is 2.15. The lowest BCUT2D eigenvalue weighted by molar-refractivity contribution is -0.123. The number of hydrogen-bond donors (Lipinski definition) is 1. The van der Waals surface area contributed by atoms with Gasteiger partial charge in [0.15, 0.2) is 0 Å². The van der Waals surface area contributed by atoms with E-state index in [0.717, 1.165) is 5.56 Å². The van der Waals surface area contributed by atoms with E-state index in [2.05, 4.69) is 5.32 Å². The molecular weight excluding hydrogens is 222 g/mol. The Morgan fingerprint density at radius 2 is 2.00 bits per heavy atom. The van der Waals surface area contributed by atoms with Crippen LogP contribution in [-0.2, 0) is 16.0 Å². The Morgan fingerprint density at radius 3 is 2.75 bits per heavy atom. The molecule has 16 heavy (non-hydrogen) atoms. The van der Waals surface area contributed by atoms with Crippen molar-refractivity contribution in [2.45, 2.75) is 18.9 Å². The molecule has 0 saturated carbocycles. The highest BCUT2D eigenvalue weighted by atomic mass is 32.2. The molecule has 2 rings (SSSR count). The van der Waals surface area contributed by atoms with Crippen LogP contribution in [-0.4, -0.2) is 22.8 Å². The molecule has 1 aliphatic rings. The van der Waals surface area contributed by atoms with Crippen LogP contribution in [0.4, 0.5) is 0 Å². The maximum absolute atomic E-state index is 11.7. The van der Waals surface area contributed by atoms with Crippen molar-refractivity contribution in [3.8, 4) is 0 Å². The van der Waals surface area contributed by atoms with Gasteiger partial charge in [-0.25, -0.2) is 0 Å². The van der Waals surface area contributed by atoms with E-state index < -0.39 is 0 Å². The van der Waals surface area contributed by atoms with Gasteiger partial charge in [-0.3, -0.25) is 9.59 Å². The Bertz CT molecular complexity index is 391. The summed E-state index contributed by atoms with van der Waals surface area (Å²) in [6.45, 7) is 0. The van der Waals surface area contributed by atoms with E-state index in [4.69, 9.17) is 0 Å². The first-order valence-corrected chi connectivity index (χ1v) is 6.24. The first-order chi connectivity index (χ1) is 7.75. The number of hydrogen-bond acceptors (Lipinski definition) is 3. The third-order valence-corrected chi connectivity index (χ3v) is 3.45. The van der Waals surface area contributed by atoms with Gasteiger partial charge in [0, 0.05) is 18.6 Å². The molecule has 1 aliphatic heterocycles. The van der Waals surface area contributed by atoms with E-state index in [1.807, 2.05) is 30.3 Å². The van der Waals surface area contributed by atoms with Crippen molar-refractivity contribution in [2.75, 3.05) is 5.75 Å². The molecule has 0 aromatic heterocycles. The molecule has 1 heterocycles. The molecule has 1 saturated heterocycles. The molecule has 1 aromatic rings. The van der Waals surface area contributed by atoms with Crippen LogP contribution < -0.4 is 5.32 Å². The Kier molecular flexibility index (Phi) is 3.62. The van der Waals surface area contributed by atoms with Crippen molar-refractivity contribution in [1.82, 2.24) is 5.32 Å². The fourth-order valence-corrected chi connectivity index (χ4v) is 2.49. The van der Waals surface area contributed by atoms with Crippen molar-refractivity contribution in [3.63, 3.8) is 0 Å². The molecule has 0 radical (unpaired) electrons. The smallest absolute Gasteiger partial charge is 0.221 e. The summed E-state index contributed by atoms with van der Waals surface area (Å²) in [5.41, 5.74) is 1.07. The van der Waals surface area contributed by atoms with Crippen LogP contribution >= 0.6 is 11.8 Å². The predicted molar refractivity (Wildman–Crippen MR) is 64.2 cm³/mol. The maximum Gasteiger partial charge on any atom is 0.221 e. The quantitative estimate of drug-likeness (QED) is 0.842. The highest BCUT2D eigenvalue weighted by molar-refractivity contribution is 8.13. The zero-order chi connectivity index (χ0) is 11.4. The SMILES string of the molecule is O=C1CCSC(=O)[C@H](Cc2ccccc2)N1. The topological polar surface area (TPSA) is 46.2 Å². The normalized spacial score (nSPS) is 21.4. The molecule has 0 aliphatic carbocycles. The predicted octanol–water partition coefficient (Wildman–Crippen LogP) is 1.38. The minimum atomic E-state index is -0.373. The van der Waals surface area contributed by atoms with Gasteiger partial charge in [0.1, 0.15) is 6.04 Å². The number of amides is 1. The molecule has 1 fully saturated rings. The molecular formula is C12H13NO2S. The molecule has 1 amide bonds. The summed E-state index contributed by atoms with van der Waals surface area (Å²) in [6.07, 6.45) is 1.01. The van der Waals surface area contributed by atoms with Gasteiger partial charge >= 0.3 is 0 Å². The average Bonchev–Trinajstić information content (AvgIpc) is 2.43. The van der Waals surface area contributed by atoms with Crippen molar-refractivity contribution < 1.29 is 9.59 Å². The number of rotatable bonds is 2. The number of benzene rings is 1. The molecule has 1 atom stereocenters. The van der Waals surface area contributed by atoms with Crippen molar-refractivity contribution in [1.29, 1.82) is 0 Å². The first kappa shape index (κ1) is 11.2. The fourth-order valence-electron chi connectivity index (χ4n) is 1.65. The molecule has 4 heteroatoms. The first-order valence-electron chi connectivity index (χ1n) is 5.25. The van der Waals surface area contributed by atoms with Crippen LogP contribution in [0.5, 0.6) is 0 Å².